The average molecular weight is 334 g/mol. The number of carbonyl (C=O) groups excluding carboxylic acids is 1. The summed E-state index contributed by atoms with van der Waals surface area (Å²) in [4.78, 5) is 20.8. The Kier molecular flexibility index (Phi) is 3.49. The van der Waals surface area contributed by atoms with Gasteiger partial charge in [-0.1, -0.05) is 24.3 Å². The lowest BCUT2D eigenvalue weighted by atomic mass is 9.89. The maximum atomic E-state index is 11.9. The van der Waals surface area contributed by atoms with Gasteiger partial charge in [-0.2, -0.15) is 5.10 Å². The second kappa shape index (κ2) is 5.70. The number of primary amides is 1. The third-order valence-electron chi connectivity index (χ3n) is 4.56. The molecule has 3 N–H and O–H groups in total. The average Bonchev–Trinajstić information content (AvgIpc) is 3.33. The molecule has 2 aromatic heterocycles. The Morgan fingerprint density at radius 1 is 1.28 bits per heavy atom. The van der Waals surface area contributed by atoms with Crippen LogP contribution in [-0.4, -0.2) is 25.7 Å². The monoisotopic (exact) mass is 334 g/mol. The molecule has 1 saturated carbocycles. The van der Waals surface area contributed by atoms with E-state index in [0.717, 1.165) is 35.3 Å². The number of amides is 1. The smallest absolute Gasteiger partial charge is 0.228 e. The first-order valence-electron chi connectivity index (χ1n) is 8.07. The molecule has 126 valence electrons. The molecule has 1 fully saturated rings. The van der Waals surface area contributed by atoms with Crippen LogP contribution in [0.3, 0.4) is 0 Å². The van der Waals surface area contributed by atoms with E-state index < -0.39 is 5.41 Å². The maximum Gasteiger partial charge on any atom is 0.228 e. The molecule has 4 rings (SSSR count). The normalized spacial score (nSPS) is 14.9. The Labute approximate surface area is 144 Å². The molecule has 0 unspecified atom stereocenters. The third kappa shape index (κ3) is 2.73. The van der Waals surface area contributed by atoms with Crippen molar-refractivity contribution in [2.45, 2.75) is 18.3 Å². The van der Waals surface area contributed by atoms with Crippen molar-refractivity contribution in [1.29, 1.82) is 0 Å². The molecule has 0 aliphatic heterocycles. The van der Waals surface area contributed by atoms with Gasteiger partial charge in [-0.3, -0.25) is 9.48 Å². The predicted octanol–water partition coefficient (Wildman–Crippen LogP) is 2.14. The fraction of sp³-hybridized carbons (Fsp3) is 0.222. The predicted molar refractivity (Wildman–Crippen MR) is 94.1 cm³/mol. The van der Waals surface area contributed by atoms with Gasteiger partial charge in [-0.25, -0.2) is 9.97 Å². The van der Waals surface area contributed by atoms with E-state index in [4.69, 9.17) is 5.73 Å². The Morgan fingerprint density at radius 2 is 2.08 bits per heavy atom. The third-order valence-corrected chi connectivity index (χ3v) is 4.56. The van der Waals surface area contributed by atoms with E-state index in [1.165, 1.54) is 0 Å². The van der Waals surface area contributed by atoms with Crippen molar-refractivity contribution in [2.24, 2.45) is 12.8 Å². The van der Waals surface area contributed by atoms with Gasteiger partial charge >= 0.3 is 0 Å². The molecule has 0 bridgehead atoms. The van der Waals surface area contributed by atoms with Crippen LogP contribution in [0.25, 0.3) is 11.3 Å². The summed E-state index contributed by atoms with van der Waals surface area (Å²) in [6.07, 6.45) is 6.81. The summed E-state index contributed by atoms with van der Waals surface area (Å²) < 4.78 is 1.70. The van der Waals surface area contributed by atoms with Crippen LogP contribution in [0.2, 0.25) is 0 Å². The summed E-state index contributed by atoms with van der Waals surface area (Å²) in [6.45, 7) is 0. The first-order valence-corrected chi connectivity index (χ1v) is 8.07. The van der Waals surface area contributed by atoms with Crippen molar-refractivity contribution in [3.8, 4) is 11.3 Å². The highest BCUT2D eigenvalue weighted by molar-refractivity contribution is 5.92. The number of aromatic nitrogens is 4. The number of hydrogen-bond acceptors (Lipinski definition) is 5. The van der Waals surface area contributed by atoms with E-state index in [1.807, 2.05) is 43.6 Å². The molecule has 25 heavy (non-hydrogen) atoms. The lowest BCUT2D eigenvalue weighted by Gasteiger charge is -2.16. The van der Waals surface area contributed by atoms with Gasteiger partial charge in [0.05, 0.1) is 23.0 Å². The van der Waals surface area contributed by atoms with Crippen molar-refractivity contribution in [3.63, 3.8) is 0 Å². The number of nitrogens with zero attached hydrogens (tertiary/aromatic N) is 4. The summed E-state index contributed by atoms with van der Waals surface area (Å²) in [5.41, 5.74) is 8.51. The van der Waals surface area contributed by atoms with E-state index in [0.29, 0.717) is 5.95 Å². The van der Waals surface area contributed by atoms with Crippen LogP contribution in [0, 0.1) is 0 Å². The number of anilines is 2. The minimum Gasteiger partial charge on any atom is -0.369 e. The number of nitrogens with two attached hydrogens (primary N) is 1. The minimum atomic E-state index is -0.557. The van der Waals surface area contributed by atoms with Gasteiger partial charge in [0.1, 0.15) is 0 Å². The van der Waals surface area contributed by atoms with Gasteiger partial charge in [-0.05, 0) is 24.5 Å². The molecule has 0 saturated heterocycles. The largest absolute Gasteiger partial charge is 0.369 e. The maximum absolute atomic E-state index is 11.9. The van der Waals surface area contributed by atoms with Crippen molar-refractivity contribution in [1.82, 2.24) is 19.7 Å². The van der Waals surface area contributed by atoms with Gasteiger partial charge in [-0.15, -0.1) is 0 Å². The van der Waals surface area contributed by atoms with E-state index in [2.05, 4.69) is 20.4 Å². The lowest BCUT2D eigenvalue weighted by Crippen LogP contribution is -2.28. The Hall–Kier alpha value is -3.22. The minimum absolute atomic E-state index is 0.275. The van der Waals surface area contributed by atoms with Gasteiger partial charge in [0.15, 0.2) is 0 Å². The molecule has 1 aromatic carbocycles. The molecule has 7 nitrogen and oxygen atoms in total. The highest BCUT2D eigenvalue weighted by atomic mass is 16.1. The lowest BCUT2D eigenvalue weighted by molar-refractivity contribution is -0.120. The van der Waals surface area contributed by atoms with Gasteiger partial charge < -0.3 is 11.1 Å². The molecule has 2 heterocycles. The number of rotatable bonds is 5. The van der Waals surface area contributed by atoms with Gasteiger partial charge in [0.25, 0.3) is 0 Å². The van der Waals surface area contributed by atoms with Gasteiger partial charge in [0, 0.05) is 25.0 Å². The highest BCUT2D eigenvalue weighted by Crippen LogP contribution is 2.50. The topological polar surface area (TPSA) is 98.7 Å². The molecule has 7 heteroatoms. The molecule has 0 atom stereocenters. The van der Waals surface area contributed by atoms with Crippen LogP contribution in [-0.2, 0) is 17.3 Å². The number of aryl methyl sites for hydroxylation is 1. The zero-order valence-electron chi connectivity index (χ0n) is 13.8. The summed E-state index contributed by atoms with van der Waals surface area (Å²) in [6, 6.07) is 9.63. The van der Waals surface area contributed by atoms with E-state index in [9.17, 15) is 4.79 Å². The summed E-state index contributed by atoms with van der Waals surface area (Å²) in [7, 11) is 1.84. The molecular weight excluding hydrogens is 316 g/mol. The highest BCUT2D eigenvalue weighted by Gasteiger charge is 2.51. The second-order valence-electron chi connectivity index (χ2n) is 6.29. The van der Waals surface area contributed by atoms with Crippen molar-refractivity contribution in [3.05, 3.63) is 54.5 Å². The van der Waals surface area contributed by atoms with Crippen LogP contribution in [0.1, 0.15) is 18.4 Å². The van der Waals surface area contributed by atoms with Crippen LogP contribution in [0.5, 0.6) is 0 Å². The van der Waals surface area contributed by atoms with Crippen molar-refractivity contribution >= 4 is 17.5 Å². The van der Waals surface area contributed by atoms with E-state index >= 15 is 0 Å². The molecule has 3 aromatic rings. The van der Waals surface area contributed by atoms with Crippen LogP contribution in [0.4, 0.5) is 11.6 Å². The van der Waals surface area contributed by atoms with E-state index in [-0.39, 0.29) is 5.91 Å². The fourth-order valence-corrected chi connectivity index (χ4v) is 3.08. The molecule has 0 radical (unpaired) electrons. The number of hydrogen-bond donors (Lipinski definition) is 2. The molecular formula is C18H18N6O. The first kappa shape index (κ1) is 15.3. The van der Waals surface area contributed by atoms with Crippen LogP contribution >= 0.6 is 0 Å². The van der Waals surface area contributed by atoms with Crippen LogP contribution < -0.4 is 11.1 Å². The van der Waals surface area contributed by atoms with Crippen LogP contribution in [0.15, 0.2) is 48.9 Å². The zero-order chi connectivity index (χ0) is 17.4. The molecule has 1 aliphatic rings. The van der Waals surface area contributed by atoms with E-state index in [1.54, 1.807) is 17.1 Å². The summed E-state index contributed by atoms with van der Waals surface area (Å²) in [5.74, 6) is 0.201. The fourth-order valence-electron chi connectivity index (χ4n) is 3.08. The summed E-state index contributed by atoms with van der Waals surface area (Å²) in [5, 5.41) is 7.25. The van der Waals surface area contributed by atoms with Crippen molar-refractivity contribution in [2.75, 3.05) is 5.32 Å². The standard InChI is InChI=1S/C18H18N6O/c1-24-11-12(10-21-24)22-17-20-9-6-15(23-17)13-4-2-3-5-14(13)18(7-8-18)16(19)25/h2-6,9-11H,7-8H2,1H3,(H2,19,25)(H,20,22,23). The van der Waals surface area contributed by atoms with Gasteiger partial charge in [0.2, 0.25) is 11.9 Å². The second-order valence-corrected chi connectivity index (χ2v) is 6.29. The molecule has 1 aliphatic carbocycles. The first-order chi connectivity index (χ1) is 12.1. The Morgan fingerprint density at radius 3 is 2.76 bits per heavy atom. The zero-order valence-corrected chi connectivity index (χ0v) is 13.8. The number of nitrogens with one attached hydrogen (secondary N) is 1. The SMILES string of the molecule is Cn1cc(Nc2nccc(-c3ccccc3C3(C(N)=O)CC3)n2)cn1. The summed E-state index contributed by atoms with van der Waals surface area (Å²) >= 11 is 0. The van der Waals surface area contributed by atoms with Crippen molar-refractivity contribution < 1.29 is 4.79 Å². The molecule has 0 spiro atoms. The Balaban J connectivity index is 1.72. The Bertz CT molecular complexity index is 944. The quantitative estimate of drug-likeness (QED) is 0.745. The number of benzene rings is 1. The molecule has 1 amide bonds. The number of carbonyl (C=O) groups is 1.